The van der Waals surface area contributed by atoms with Gasteiger partial charge in [0.25, 0.3) is 0 Å². The van der Waals surface area contributed by atoms with Crippen molar-refractivity contribution in [3.05, 3.63) is 24.8 Å². The Bertz CT molecular complexity index is 426. The predicted octanol–water partition coefficient (Wildman–Crippen LogP) is 6.78. The molecule has 0 saturated carbocycles. The van der Waals surface area contributed by atoms with E-state index in [2.05, 4.69) is 93.0 Å². The number of allylic oxidation sites excluding steroid dienone is 1. The molecule has 0 aromatic heterocycles. The molecule has 0 aliphatic rings. The van der Waals surface area contributed by atoms with Crippen LogP contribution in [0, 0.1) is 5.41 Å². The number of hydrogen-bond donors (Lipinski definition) is 0. The predicted molar refractivity (Wildman–Crippen MR) is 114 cm³/mol. The van der Waals surface area contributed by atoms with Crippen LogP contribution in [0.1, 0.15) is 48.0 Å². The van der Waals surface area contributed by atoms with Gasteiger partial charge in [0.2, 0.25) is 0 Å². The maximum absolute atomic E-state index is 6.80. The minimum atomic E-state index is -1.86. The van der Waals surface area contributed by atoms with E-state index in [1.165, 1.54) is 0 Å². The van der Waals surface area contributed by atoms with Crippen molar-refractivity contribution in [2.24, 2.45) is 5.41 Å². The Labute approximate surface area is 154 Å². The summed E-state index contributed by atoms with van der Waals surface area (Å²) >= 11 is 0. The molecule has 0 heterocycles. The maximum Gasteiger partial charge on any atom is 0.192 e. The van der Waals surface area contributed by atoms with Gasteiger partial charge in [-0.3, -0.25) is 0 Å². The van der Waals surface area contributed by atoms with Crippen molar-refractivity contribution in [2.75, 3.05) is 0 Å². The Morgan fingerprint density at radius 2 is 1.46 bits per heavy atom. The van der Waals surface area contributed by atoms with Gasteiger partial charge >= 0.3 is 0 Å². The summed E-state index contributed by atoms with van der Waals surface area (Å²) in [4.78, 5) is 0. The van der Waals surface area contributed by atoms with Crippen LogP contribution in [0.5, 0.6) is 0 Å². The molecule has 0 bridgehead atoms. The molecule has 0 radical (unpaired) electrons. The molecule has 2 atom stereocenters. The van der Waals surface area contributed by atoms with Gasteiger partial charge in [0, 0.05) is 5.41 Å². The summed E-state index contributed by atoms with van der Waals surface area (Å²) < 4.78 is 13.3. The van der Waals surface area contributed by atoms with E-state index in [0.717, 1.165) is 6.42 Å². The van der Waals surface area contributed by atoms with Gasteiger partial charge in [-0.25, -0.2) is 0 Å². The van der Waals surface area contributed by atoms with E-state index in [9.17, 15) is 0 Å². The fraction of sp³-hybridized carbons (Fsp3) is 0.800. The fourth-order valence-electron chi connectivity index (χ4n) is 2.37. The Morgan fingerprint density at radius 3 is 1.79 bits per heavy atom. The van der Waals surface area contributed by atoms with Crippen LogP contribution in [0.4, 0.5) is 0 Å². The summed E-state index contributed by atoms with van der Waals surface area (Å²) in [6, 6.07) is 0. The summed E-state index contributed by atoms with van der Waals surface area (Å²) in [5.41, 5.74) is -0.115. The Hall–Kier alpha value is -0.166. The topological polar surface area (TPSA) is 18.5 Å². The quantitative estimate of drug-likeness (QED) is 0.329. The average molecular weight is 371 g/mol. The smallest absolute Gasteiger partial charge is 0.192 e. The van der Waals surface area contributed by atoms with E-state index in [1.807, 2.05) is 6.08 Å². The van der Waals surface area contributed by atoms with Crippen LogP contribution in [0.25, 0.3) is 0 Å². The lowest BCUT2D eigenvalue weighted by molar-refractivity contribution is -0.00782. The molecule has 142 valence electrons. The van der Waals surface area contributed by atoms with Crippen LogP contribution in [-0.2, 0) is 8.85 Å². The number of rotatable bonds is 9. The molecule has 0 N–H and O–H groups in total. The van der Waals surface area contributed by atoms with Gasteiger partial charge in [-0.15, -0.1) is 6.58 Å². The molecule has 0 aromatic carbocycles. The third kappa shape index (κ3) is 6.99. The van der Waals surface area contributed by atoms with E-state index in [4.69, 9.17) is 8.85 Å². The lowest BCUT2D eigenvalue weighted by atomic mass is 9.79. The molecule has 4 heteroatoms. The van der Waals surface area contributed by atoms with E-state index in [-0.39, 0.29) is 22.7 Å². The lowest BCUT2D eigenvalue weighted by Crippen LogP contribution is -2.52. The molecule has 0 aliphatic carbocycles. The van der Waals surface area contributed by atoms with Crippen LogP contribution < -0.4 is 0 Å². The van der Waals surface area contributed by atoms with Gasteiger partial charge in [0.05, 0.1) is 12.2 Å². The highest BCUT2D eigenvalue weighted by Gasteiger charge is 2.45. The largest absolute Gasteiger partial charge is 0.414 e. The molecule has 0 saturated heterocycles. The minimum Gasteiger partial charge on any atom is -0.414 e. The molecular weight excluding hydrogens is 328 g/mol. The van der Waals surface area contributed by atoms with Crippen molar-refractivity contribution in [3.8, 4) is 0 Å². The third-order valence-electron chi connectivity index (χ3n) is 5.03. The van der Waals surface area contributed by atoms with E-state index in [0.29, 0.717) is 0 Å². The van der Waals surface area contributed by atoms with Gasteiger partial charge in [0.1, 0.15) is 0 Å². The summed E-state index contributed by atoms with van der Waals surface area (Å²) in [6.07, 6.45) is 7.32. The minimum absolute atomic E-state index is 0.0460. The molecule has 0 aliphatic heterocycles. The first-order valence-corrected chi connectivity index (χ1v) is 15.5. The zero-order valence-electron chi connectivity index (χ0n) is 18.1. The Kier molecular flexibility index (Phi) is 8.42. The molecule has 0 amide bonds. The molecular formula is C20H42O2Si2. The maximum atomic E-state index is 6.80. The number of hydrogen-bond acceptors (Lipinski definition) is 2. The second-order valence-electron chi connectivity index (χ2n) is 9.89. The second-order valence-corrected chi connectivity index (χ2v) is 19.1. The van der Waals surface area contributed by atoms with Crippen molar-refractivity contribution in [1.29, 1.82) is 0 Å². The zero-order chi connectivity index (χ0) is 19.4. The van der Waals surface area contributed by atoms with Crippen LogP contribution in [-0.4, -0.2) is 28.8 Å². The third-order valence-corrected chi connectivity index (χ3v) is 10.5. The Morgan fingerprint density at radius 1 is 0.958 bits per heavy atom. The highest BCUT2D eigenvalue weighted by Crippen LogP contribution is 2.42. The van der Waals surface area contributed by atoms with E-state index in [1.54, 1.807) is 0 Å². The first-order chi connectivity index (χ1) is 10.6. The van der Waals surface area contributed by atoms with Gasteiger partial charge < -0.3 is 8.85 Å². The molecule has 0 unspecified atom stereocenters. The normalized spacial score (nSPS) is 17.1. The fourth-order valence-corrected chi connectivity index (χ4v) is 5.00. The van der Waals surface area contributed by atoms with Gasteiger partial charge in [-0.05, 0) is 51.1 Å². The monoisotopic (exact) mass is 370 g/mol. The van der Waals surface area contributed by atoms with Crippen molar-refractivity contribution < 1.29 is 8.85 Å². The van der Waals surface area contributed by atoms with Crippen LogP contribution >= 0.6 is 0 Å². The summed E-state index contributed by atoms with van der Waals surface area (Å²) in [6.45, 7) is 28.8. The highest BCUT2D eigenvalue weighted by atomic mass is 28.4. The lowest BCUT2D eigenvalue weighted by Gasteiger charge is -2.47. The molecule has 0 aromatic rings. The van der Waals surface area contributed by atoms with Gasteiger partial charge in [0.15, 0.2) is 16.6 Å². The molecule has 2 nitrogen and oxygen atoms in total. The zero-order valence-corrected chi connectivity index (χ0v) is 20.1. The Balaban J connectivity index is 5.69. The van der Waals surface area contributed by atoms with Crippen molar-refractivity contribution in [3.63, 3.8) is 0 Å². The van der Waals surface area contributed by atoms with Gasteiger partial charge in [-0.1, -0.05) is 52.8 Å². The van der Waals surface area contributed by atoms with E-state index >= 15 is 0 Å². The second kappa shape index (κ2) is 8.48. The molecule has 0 spiro atoms. The van der Waals surface area contributed by atoms with Crippen molar-refractivity contribution in [2.45, 2.75) is 97.9 Å². The average Bonchev–Trinajstić information content (AvgIpc) is 2.34. The van der Waals surface area contributed by atoms with Crippen LogP contribution in [0.3, 0.4) is 0 Å². The standard InChI is InChI=1S/C20H42O2Si2/c1-13-15-17(21-23(8,9)10)20(6,7)18(16-14-2)22-24(11,12)19(3,4)5/h13-14,16-18H,1,15H2,2-12H3/b16-14+/t17-,18-/m0/s1. The highest BCUT2D eigenvalue weighted by molar-refractivity contribution is 6.74. The van der Waals surface area contributed by atoms with Crippen LogP contribution in [0.15, 0.2) is 24.8 Å². The summed E-state index contributed by atoms with van der Waals surface area (Å²) in [5.74, 6) is 0. The molecule has 24 heavy (non-hydrogen) atoms. The van der Waals surface area contributed by atoms with Gasteiger partial charge in [-0.2, -0.15) is 0 Å². The van der Waals surface area contributed by atoms with Crippen LogP contribution in [0.2, 0.25) is 37.8 Å². The summed E-state index contributed by atoms with van der Waals surface area (Å²) in [7, 11) is -3.51. The SMILES string of the molecule is C=CC[C@H](O[Si](C)(C)C)C(C)(C)[C@H](/C=C/C)O[Si](C)(C)C(C)(C)C. The molecule has 0 rings (SSSR count). The first kappa shape index (κ1) is 23.8. The van der Waals surface area contributed by atoms with Crippen molar-refractivity contribution in [1.82, 2.24) is 0 Å². The van der Waals surface area contributed by atoms with Crippen molar-refractivity contribution >= 4 is 16.6 Å². The van der Waals surface area contributed by atoms with E-state index < -0.39 is 16.6 Å². The molecule has 0 fully saturated rings. The summed E-state index contributed by atoms with van der Waals surface area (Å²) in [5, 5.41) is 0.191. The first-order valence-electron chi connectivity index (χ1n) is 9.18.